The molecule has 0 bridgehead atoms. The van der Waals surface area contributed by atoms with Gasteiger partial charge in [0.2, 0.25) is 0 Å². The third kappa shape index (κ3) is 1.61. The maximum atomic E-state index is 13.3. The average Bonchev–Trinajstić information content (AvgIpc) is 2.56. The second kappa shape index (κ2) is 3.81. The van der Waals surface area contributed by atoms with Gasteiger partial charge in [-0.05, 0) is 25.5 Å². The monoisotopic (exact) mass is 226 g/mol. The zero-order chi connectivity index (χ0) is 11.0. The molecule has 80 valence electrons. The molecule has 0 saturated heterocycles. The minimum atomic E-state index is -0.218. The normalized spacial score (nSPS) is 11.2. The van der Waals surface area contributed by atoms with E-state index < -0.39 is 0 Å². The second-order valence-corrected chi connectivity index (χ2v) is 3.76. The molecule has 1 heterocycles. The molecule has 0 radical (unpaired) electrons. The summed E-state index contributed by atoms with van der Waals surface area (Å²) in [6, 6.07) is 3.28. The van der Waals surface area contributed by atoms with Crippen LogP contribution in [0.4, 0.5) is 4.39 Å². The highest BCUT2D eigenvalue weighted by Crippen LogP contribution is 2.21. The van der Waals surface area contributed by atoms with Crippen LogP contribution in [-0.2, 0) is 12.4 Å². The van der Waals surface area contributed by atoms with Crippen LogP contribution in [0, 0.1) is 12.7 Å². The molecular formula is C11H12ClFN2. The smallest absolute Gasteiger partial charge is 0.128 e. The largest absolute Gasteiger partial charge is 0.327 e. The summed E-state index contributed by atoms with van der Waals surface area (Å²) in [6.07, 6.45) is 0. The fraction of sp³-hybridized carbons (Fsp3) is 0.364. The van der Waals surface area contributed by atoms with E-state index in [1.54, 1.807) is 6.92 Å². The molecule has 15 heavy (non-hydrogen) atoms. The summed E-state index contributed by atoms with van der Waals surface area (Å²) in [6.45, 7) is 4.57. The molecule has 2 rings (SSSR count). The molecule has 0 fully saturated rings. The fourth-order valence-corrected chi connectivity index (χ4v) is 1.96. The first-order valence-corrected chi connectivity index (χ1v) is 5.42. The van der Waals surface area contributed by atoms with E-state index in [0.717, 1.165) is 17.9 Å². The van der Waals surface area contributed by atoms with Crippen LogP contribution in [0.1, 0.15) is 18.3 Å². The minimum Gasteiger partial charge on any atom is -0.327 e. The lowest BCUT2D eigenvalue weighted by Crippen LogP contribution is -1.99. The third-order valence-electron chi connectivity index (χ3n) is 2.54. The van der Waals surface area contributed by atoms with Gasteiger partial charge in [-0.3, -0.25) is 0 Å². The van der Waals surface area contributed by atoms with Gasteiger partial charge in [-0.15, -0.1) is 11.6 Å². The number of imidazole rings is 1. The number of rotatable bonds is 2. The third-order valence-corrected chi connectivity index (χ3v) is 2.78. The lowest BCUT2D eigenvalue weighted by atomic mass is 10.2. The van der Waals surface area contributed by atoms with Gasteiger partial charge in [0.15, 0.2) is 0 Å². The van der Waals surface area contributed by atoms with E-state index >= 15 is 0 Å². The number of alkyl halides is 1. The lowest BCUT2D eigenvalue weighted by molar-refractivity contribution is 0.620. The summed E-state index contributed by atoms with van der Waals surface area (Å²) >= 11 is 5.78. The predicted octanol–water partition coefficient (Wildman–Crippen LogP) is 3.24. The molecular weight excluding hydrogens is 215 g/mol. The Labute approximate surface area is 92.7 Å². The number of hydrogen-bond acceptors (Lipinski definition) is 1. The Kier molecular flexibility index (Phi) is 2.65. The lowest BCUT2D eigenvalue weighted by Gasteiger charge is -2.03. The van der Waals surface area contributed by atoms with Crippen LogP contribution >= 0.6 is 11.6 Å². The van der Waals surface area contributed by atoms with Crippen molar-refractivity contribution in [1.29, 1.82) is 0 Å². The Morgan fingerprint density at radius 1 is 1.47 bits per heavy atom. The zero-order valence-electron chi connectivity index (χ0n) is 8.72. The quantitative estimate of drug-likeness (QED) is 0.719. The average molecular weight is 227 g/mol. The van der Waals surface area contributed by atoms with Crippen LogP contribution in [0.15, 0.2) is 12.1 Å². The molecule has 0 aliphatic heterocycles. The topological polar surface area (TPSA) is 17.8 Å². The molecule has 2 aromatic rings. The molecule has 0 aliphatic rings. The van der Waals surface area contributed by atoms with E-state index in [-0.39, 0.29) is 5.82 Å². The Morgan fingerprint density at radius 3 is 2.80 bits per heavy atom. The first-order valence-electron chi connectivity index (χ1n) is 4.88. The van der Waals surface area contributed by atoms with Crippen molar-refractivity contribution in [1.82, 2.24) is 9.55 Å². The predicted molar refractivity (Wildman–Crippen MR) is 59.7 cm³/mol. The number of aromatic nitrogens is 2. The summed E-state index contributed by atoms with van der Waals surface area (Å²) in [7, 11) is 0. The van der Waals surface area contributed by atoms with Gasteiger partial charge in [0.25, 0.3) is 0 Å². The minimum absolute atomic E-state index is 0.218. The van der Waals surface area contributed by atoms with Crippen molar-refractivity contribution in [3.8, 4) is 0 Å². The van der Waals surface area contributed by atoms with Gasteiger partial charge >= 0.3 is 0 Å². The van der Waals surface area contributed by atoms with Crippen molar-refractivity contribution in [2.45, 2.75) is 26.3 Å². The van der Waals surface area contributed by atoms with E-state index in [1.165, 1.54) is 6.07 Å². The Morgan fingerprint density at radius 2 is 2.20 bits per heavy atom. The maximum absolute atomic E-state index is 13.3. The van der Waals surface area contributed by atoms with Crippen LogP contribution in [0.3, 0.4) is 0 Å². The number of halogens is 2. The van der Waals surface area contributed by atoms with Crippen molar-refractivity contribution in [3.63, 3.8) is 0 Å². The van der Waals surface area contributed by atoms with Gasteiger partial charge in [-0.1, -0.05) is 0 Å². The van der Waals surface area contributed by atoms with Gasteiger partial charge in [0, 0.05) is 12.6 Å². The van der Waals surface area contributed by atoms with Crippen molar-refractivity contribution in [2.24, 2.45) is 0 Å². The Hall–Kier alpha value is -1.09. The van der Waals surface area contributed by atoms with E-state index in [0.29, 0.717) is 17.0 Å². The Bertz CT molecular complexity index is 505. The summed E-state index contributed by atoms with van der Waals surface area (Å²) < 4.78 is 15.3. The first-order chi connectivity index (χ1) is 7.17. The molecule has 0 spiro atoms. The van der Waals surface area contributed by atoms with Crippen LogP contribution in [-0.4, -0.2) is 9.55 Å². The molecule has 0 atom stereocenters. The highest BCUT2D eigenvalue weighted by Gasteiger charge is 2.10. The summed E-state index contributed by atoms with van der Waals surface area (Å²) in [4.78, 5) is 4.29. The van der Waals surface area contributed by atoms with Crippen molar-refractivity contribution in [3.05, 3.63) is 29.3 Å². The number of fused-ring (bicyclic) bond motifs is 1. The number of benzene rings is 1. The molecule has 0 amide bonds. The van der Waals surface area contributed by atoms with Crippen LogP contribution in [0.25, 0.3) is 11.0 Å². The van der Waals surface area contributed by atoms with E-state index in [2.05, 4.69) is 4.98 Å². The van der Waals surface area contributed by atoms with Gasteiger partial charge in [0.05, 0.1) is 16.9 Å². The van der Waals surface area contributed by atoms with Crippen LogP contribution in [0.2, 0.25) is 0 Å². The molecule has 4 heteroatoms. The maximum Gasteiger partial charge on any atom is 0.128 e. The molecule has 0 saturated carbocycles. The van der Waals surface area contributed by atoms with Crippen molar-refractivity contribution < 1.29 is 4.39 Å². The van der Waals surface area contributed by atoms with Crippen molar-refractivity contribution in [2.75, 3.05) is 0 Å². The SMILES string of the molecule is CCn1c(CCl)nc2cc(F)c(C)cc21. The highest BCUT2D eigenvalue weighted by atomic mass is 35.5. The van der Waals surface area contributed by atoms with Gasteiger partial charge in [-0.25, -0.2) is 9.37 Å². The molecule has 0 aliphatic carbocycles. The highest BCUT2D eigenvalue weighted by molar-refractivity contribution is 6.16. The zero-order valence-corrected chi connectivity index (χ0v) is 9.48. The fourth-order valence-electron chi connectivity index (χ4n) is 1.75. The number of hydrogen-bond donors (Lipinski definition) is 0. The van der Waals surface area contributed by atoms with Gasteiger partial charge in [-0.2, -0.15) is 0 Å². The molecule has 2 nitrogen and oxygen atoms in total. The standard InChI is InChI=1S/C11H12ClFN2/c1-3-15-10-4-7(2)8(13)5-9(10)14-11(15)6-12/h4-5H,3,6H2,1-2H3. The molecule has 0 N–H and O–H groups in total. The van der Waals surface area contributed by atoms with Gasteiger partial charge < -0.3 is 4.57 Å². The first kappa shape index (κ1) is 10.4. The number of aryl methyl sites for hydroxylation is 2. The van der Waals surface area contributed by atoms with E-state index in [1.807, 2.05) is 17.6 Å². The number of nitrogens with zero attached hydrogens (tertiary/aromatic N) is 2. The Balaban J connectivity index is 2.77. The van der Waals surface area contributed by atoms with Crippen molar-refractivity contribution >= 4 is 22.6 Å². The summed E-state index contributed by atoms with van der Waals surface area (Å²) in [5, 5.41) is 0. The van der Waals surface area contributed by atoms with E-state index in [9.17, 15) is 4.39 Å². The second-order valence-electron chi connectivity index (χ2n) is 3.50. The molecule has 1 aromatic heterocycles. The van der Waals surface area contributed by atoms with Crippen LogP contribution in [0.5, 0.6) is 0 Å². The molecule has 1 aromatic carbocycles. The summed E-state index contributed by atoms with van der Waals surface area (Å²) in [5.74, 6) is 0.923. The molecule has 0 unspecified atom stereocenters. The summed E-state index contributed by atoms with van der Waals surface area (Å²) in [5.41, 5.74) is 2.26. The van der Waals surface area contributed by atoms with E-state index in [4.69, 9.17) is 11.6 Å². The van der Waals surface area contributed by atoms with Crippen LogP contribution < -0.4 is 0 Å². The van der Waals surface area contributed by atoms with Gasteiger partial charge in [0.1, 0.15) is 11.6 Å².